The molecule has 5 fully saturated rings. The van der Waals surface area contributed by atoms with Crippen LogP contribution in [0, 0.1) is 11.8 Å². The van der Waals surface area contributed by atoms with E-state index in [0.717, 1.165) is 23.1 Å². The molecular weight excluding hydrogens is 326 g/mol. The highest BCUT2D eigenvalue weighted by Gasteiger charge is 2.60. The molecule has 3 heteroatoms. The molecule has 1 aromatic carbocycles. The number of fused-ring (bicyclic) bond motifs is 3. The maximum absolute atomic E-state index is 13.1. The molecule has 4 heterocycles. The van der Waals surface area contributed by atoms with Crippen molar-refractivity contribution in [2.75, 3.05) is 13.1 Å². The summed E-state index contributed by atoms with van der Waals surface area (Å²) in [5.41, 5.74) is 1.89. The van der Waals surface area contributed by atoms with Crippen LogP contribution in [0.5, 0.6) is 0 Å². The monoisotopic (exact) mass is 351 g/mol. The van der Waals surface area contributed by atoms with E-state index in [1.807, 2.05) is 0 Å². The molecule has 3 aliphatic heterocycles. The fourth-order valence-electron chi connectivity index (χ4n) is 5.76. The zero-order valence-electron chi connectivity index (χ0n) is 14.7. The first-order valence-corrected chi connectivity index (χ1v) is 10.9. The average molecular weight is 352 g/mol. The summed E-state index contributed by atoms with van der Waals surface area (Å²) in [4.78, 5) is 16.8. The summed E-state index contributed by atoms with van der Waals surface area (Å²) in [6.07, 6.45) is 8.75. The van der Waals surface area contributed by atoms with E-state index < -0.39 is 0 Å². The summed E-state index contributed by atoms with van der Waals surface area (Å²) in [6.45, 7) is 2.56. The minimum absolute atomic E-state index is 0.402. The van der Waals surface area contributed by atoms with Crippen molar-refractivity contribution in [2.24, 2.45) is 11.8 Å². The van der Waals surface area contributed by atoms with Crippen molar-refractivity contribution in [3.8, 4) is 0 Å². The van der Waals surface area contributed by atoms with Crippen molar-refractivity contribution in [3.63, 3.8) is 0 Å². The fourth-order valence-corrected chi connectivity index (χ4v) is 6.75. The van der Waals surface area contributed by atoms with E-state index in [2.05, 4.69) is 29.2 Å². The quantitative estimate of drug-likeness (QED) is 0.703. The van der Waals surface area contributed by atoms with Crippen LogP contribution in [0.25, 0.3) is 10.1 Å². The lowest BCUT2D eigenvalue weighted by Crippen LogP contribution is -2.57. The van der Waals surface area contributed by atoms with Gasteiger partial charge in [-0.1, -0.05) is 12.1 Å². The van der Waals surface area contributed by atoms with Crippen molar-refractivity contribution >= 4 is 27.2 Å². The predicted octanol–water partition coefficient (Wildman–Crippen LogP) is 5.23. The van der Waals surface area contributed by atoms with Gasteiger partial charge in [-0.3, -0.25) is 9.69 Å². The lowest BCUT2D eigenvalue weighted by Gasteiger charge is -2.52. The molecule has 2 aromatic rings. The zero-order chi connectivity index (χ0) is 16.6. The molecule has 2 bridgehead atoms. The van der Waals surface area contributed by atoms with Crippen LogP contribution in [0.1, 0.15) is 66.1 Å². The first kappa shape index (κ1) is 14.9. The van der Waals surface area contributed by atoms with Crippen LogP contribution in [0.4, 0.5) is 0 Å². The molecule has 0 radical (unpaired) electrons. The smallest absolute Gasteiger partial charge is 0.173 e. The van der Waals surface area contributed by atoms with Gasteiger partial charge in [-0.15, -0.1) is 11.3 Å². The van der Waals surface area contributed by atoms with Crippen LogP contribution in [0.15, 0.2) is 24.3 Å². The van der Waals surface area contributed by atoms with Crippen molar-refractivity contribution in [3.05, 3.63) is 34.7 Å². The maximum Gasteiger partial charge on any atom is 0.173 e. The van der Waals surface area contributed by atoms with Gasteiger partial charge >= 0.3 is 0 Å². The van der Waals surface area contributed by atoms with Crippen molar-refractivity contribution in [1.82, 2.24) is 4.90 Å². The third-order valence-corrected chi connectivity index (χ3v) is 8.62. The number of piperidine rings is 3. The SMILES string of the molecule is O=C(CC1C2CCN(CC2)C12CC2)c1cc2cc(C3CC3)ccc2s1. The largest absolute Gasteiger partial charge is 0.297 e. The number of carbonyl (C=O) groups is 1. The minimum Gasteiger partial charge on any atom is -0.297 e. The molecule has 2 aliphatic carbocycles. The van der Waals surface area contributed by atoms with E-state index >= 15 is 0 Å². The van der Waals surface area contributed by atoms with Gasteiger partial charge in [0, 0.05) is 16.7 Å². The zero-order valence-corrected chi connectivity index (χ0v) is 15.5. The fraction of sp³-hybridized carbons (Fsp3) is 0.591. The van der Waals surface area contributed by atoms with Crippen LogP contribution in [-0.2, 0) is 0 Å². The Morgan fingerprint density at radius 2 is 1.92 bits per heavy atom. The van der Waals surface area contributed by atoms with Gasteiger partial charge in [0.2, 0.25) is 0 Å². The molecule has 1 spiro atoms. The number of ketones is 1. The van der Waals surface area contributed by atoms with Crippen molar-refractivity contribution in [2.45, 2.75) is 56.4 Å². The van der Waals surface area contributed by atoms with Crippen molar-refractivity contribution in [1.29, 1.82) is 0 Å². The molecule has 2 saturated carbocycles. The van der Waals surface area contributed by atoms with Gasteiger partial charge in [0.1, 0.15) is 0 Å². The summed E-state index contributed by atoms with van der Waals surface area (Å²) < 4.78 is 1.28. The molecule has 1 unspecified atom stereocenters. The third-order valence-electron chi connectivity index (χ3n) is 7.46. The number of thiophene rings is 1. The second-order valence-electron chi connectivity index (χ2n) is 8.84. The standard InChI is InChI=1S/C22H25NOS/c24-19(13-18-15-5-9-23(10-6-15)22(18)7-8-22)21-12-17-11-16(14-1-2-14)3-4-20(17)25-21/h3-4,11-12,14-15,18H,1-2,5-10,13H2. The Bertz CT molecular complexity index is 852. The van der Waals surface area contributed by atoms with E-state index in [1.54, 1.807) is 11.3 Å². The number of hydrogen-bond acceptors (Lipinski definition) is 3. The summed E-state index contributed by atoms with van der Waals surface area (Å²) in [6, 6.07) is 9.02. The molecule has 1 aromatic heterocycles. The molecular formula is C22H25NOS. The molecule has 1 atom stereocenters. The number of rotatable bonds is 4. The average Bonchev–Trinajstić information content (AvgIpc) is 3.56. The third kappa shape index (κ3) is 2.28. The normalized spacial score (nSPS) is 32.4. The second kappa shape index (κ2) is 5.17. The lowest BCUT2D eigenvalue weighted by molar-refractivity contribution is -0.0273. The van der Waals surface area contributed by atoms with E-state index in [9.17, 15) is 4.79 Å². The lowest BCUT2D eigenvalue weighted by atomic mass is 9.70. The highest BCUT2D eigenvalue weighted by atomic mass is 32.1. The Kier molecular flexibility index (Phi) is 3.09. The van der Waals surface area contributed by atoms with Gasteiger partial charge in [0.25, 0.3) is 0 Å². The number of benzene rings is 1. The molecule has 0 amide bonds. The Balaban J connectivity index is 1.27. The minimum atomic E-state index is 0.402. The molecule has 5 aliphatic rings. The Morgan fingerprint density at radius 3 is 2.64 bits per heavy atom. The van der Waals surface area contributed by atoms with Crippen LogP contribution in [0.3, 0.4) is 0 Å². The highest BCUT2D eigenvalue weighted by molar-refractivity contribution is 7.20. The molecule has 25 heavy (non-hydrogen) atoms. The first-order valence-electron chi connectivity index (χ1n) is 10.0. The van der Waals surface area contributed by atoms with Crippen LogP contribution < -0.4 is 0 Å². The van der Waals surface area contributed by atoms with Gasteiger partial charge in [0.15, 0.2) is 5.78 Å². The number of hydrogen-bond donors (Lipinski definition) is 0. The molecule has 130 valence electrons. The summed E-state index contributed by atoms with van der Waals surface area (Å²) in [5, 5.41) is 1.29. The summed E-state index contributed by atoms with van der Waals surface area (Å²) in [5.74, 6) is 2.60. The van der Waals surface area contributed by atoms with Gasteiger partial charge in [0.05, 0.1) is 4.88 Å². The molecule has 2 nitrogen and oxygen atoms in total. The topological polar surface area (TPSA) is 20.3 Å². The van der Waals surface area contributed by atoms with Gasteiger partial charge in [-0.05, 0) is 92.5 Å². The van der Waals surface area contributed by atoms with Gasteiger partial charge in [-0.25, -0.2) is 0 Å². The van der Waals surface area contributed by atoms with Crippen LogP contribution in [0.2, 0.25) is 0 Å². The summed E-state index contributed by atoms with van der Waals surface area (Å²) >= 11 is 1.71. The highest BCUT2D eigenvalue weighted by Crippen LogP contribution is 2.58. The number of nitrogens with zero attached hydrogens (tertiary/aromatic N) is 1. The summed E-state index contributed by atoms with van der Waals surface area (Å²) in [7, 11) is 0. The Labute approximate surface area is 153 Å². The van der Waals surface area contributed by atoms with Crippen LogP contribution >= 0.6 is 11.3 Å². The molecule has 3 saturated heterocycles. The van der Waals surface area contributed by atoms with Gasteiger partial charge in [-0.2, -0.15) is 0 Å². The number of Topliss-reactive ketones (excluding diaryl/α,β-unsaturated/α-hetero) is 1. The predicted molar refractivity (Wildman–Crippen MR) is 102 cm³/mol. The van der Waals surface area contributed by atoms with E-state index in [-0.39, 0.29) is 0 Å². The van der Waals surface area contributed by atoms with E-state index in [4.69, 9.17) is 0 Å². The van der Waals surface area contributed by atoms with Crippen molar-refractivity contribution < 1.29 is 4.79 Å². The maximum atomic E-state index is 13.1. The molecule has 7 rings (SSSR count). The Morgan fingerprint density at radius 1 is 1.12 bits per heavy atom. The Hall–Kier alpha value is -1.19. The van der Waals surface area contributed by atoms with Crippen LogP contribution in [-0.4, -0.2) is 29.3 Å². The van der Waals surface area contributed by atoms with E-state index in [0.29, 0.717) is 17.2 Å². The number of carbonyl (C=O) groups excluding carboxylic acids is 1. The first-order chi connectivity index (χ1) is 12.2. The van der Waals surface area contributed by atoms with E-state index in [1.165, 1.54) is 67.3 Å². The van der Waals surface area contributed by atoms with Gasteiger partial charge < -0.3 is 0 Å². The molecule has 0 N–H and O–H groups in total. The second-order valence-corrected chi connectivity index (χ2v) is 9.93.